The summed E-state index contributed by atoms with van der Waals surface area (Å²) in [6.07, 6.45) is 5.90. The number of hydrogen-bond acceptors (Lipinski definition) is 8. The summed E-state index contributed by atoms with van der Waals surface area (Å²) in [5.74, 6) is -0.843. The van der Waals surface area contributed by atoms with Crippen LogP contribution in [0.15, 0.2) is 22.5 Å². The van der Waals surface area contributed by atoms with Gasteiger partial charge in [-0.1, -0.05) is 39.7 Å². The SMILES string of the molecule is CCCC/C=C/C1CC(=O)NCc2nc(cs2)C2=N[C@@](C)(CS2)C(=O)NC(C(C)C)C(=O)O1. The standard InChI is InChI=1S/C23H32N4O4S2/c1-5-6-7-8-9-15-10-17(28)24-11-18-25-16(12-32-18)20-27-23(4,13-33-20)22(30)26-19(14(2)3)21(29)31-15/h8-9,12,14-15,19H,5-7,10-11,13H2,1-4H3,(H,24,28)(H,26,30)/b9-8+/t15?,19?,23-/m0/s1. The van der Waals surface area contributed by atoms with Gasteiger partial charge >= 0.3 is 5.97 Å². The Bertz CT molecular complexity index is 943. The highest BCUT2D eigenvalue weighted by molar-refractivity contribution is 8.14. The molecule has 2 amide bonds. The first-order valence-electron chi connectivity index (χ1n) is 11.3. The van der Waals surface area contributed by atoms with Crippen LogP contribution in [0, 0.1) is 5.92 Å². The highest BCUT2D eigenvalue weighted by Crippen LogP contribution is 2.32. The van der Waals surface area contributed by atoms with Crippen molar-refractivity contribution in [2.24, 2.45) is 10.9 Å². The lowest BCUT2D eigenvalue weighted by molar-refractivity contribution is -0.153. The molecule has 2 N–H and O–H groups in total. The number of hydrogen-bond donors (Lipinski definition) is 2. The lowest BCUT2D eigenvalue weighted by atomic mass is 10.0. The number of thioether (sulfide) groups is 1. The summed E-state index contributed by atoms with van der Waals surface area (Å²) >= 11 is 2.90. The second-order valence-corrected chi connectivity index (χ2v) is 10.7. The first-order valence-corrected chi connectivity index (χ1v) is 13.2. The van der Waals surface area contributed by atoms with E-state index < -0.39 is 23.7 Å². The number of amides is 2. The number of nitrogens with one attached hydrogen (secondary N) is 2. The first-order chi connectivity index (χ1) is 15.7. The van der Waals surface area contributed by atoms with Gasteiger partial charge in [-0.3, -0.25) is 14.6 Å². The molecule has 2 unspecified atom stereocenters. The summed E-state index contributed by atoms with van der Waals surface area (Å²) in [5.41, 5.74) is -0.295. The number of rotatable bonds is 5. The molecule has 0 saturated heterocycles. The number of aliphatic imine (C=N–C) groups is 1. The van der Waals surface area contributed by atoms with Gasteiger partial charge in [-0.2, -0.15) is 0 Å². The highest BCUT2D eigenvalue weighted by atomic mass is 32.2. The third-order valence-corrected chi connectivity index (χ3v) is 7.60. The van der Waals surface area contributed by atoms with Crippen LogP contribution < -0.4 is 10.6 Å². The number of fused-ring (bicyclic) bond motifs is 4. The Morgan fingerprint density at radius 3 is 2.85 bits per heavy atom. The van der Waals surface area contributed by atoms with E-state index in [-0.39, 0.29) is 30.7 Å². The Kier molecular flexibility index (Phi) is 8.69. The minimum absolute atomic E-state index is 0.00559. The molecule has 2 aliphatic rings. The number of ether oxygens (including phenoxy) is 1. The third kappa shape index (κ3) is 6.66. The smallest absolute Gasteiger partial charge is 0.329 e. The number of allylic oxidation sites excluding steroid dienone is 1. The lowest BCUT2D eigenvalue weighted by Crippen LogP contribution is -2.53. The minimum Gasteiger partial charge on any atom is -0.456 e. The molecule has 1 aromatic rings. The van der Waals surface area contributed by atoms with Crippen LogP contribution in [0.5, 0.6) is 0 Å². The van der Waals surface area contributed by atoms with E-state index in [0.717, 1.165) is 24.3 Å². The molecule has 0 aliphatic carbocycles. The second kappa shape index (κ2) is 11.3. The molecule has 0 radical (unpaired) electrons. The molecule has 3 atom stereocenters. The molecule has 0 aromatic carbocycles. The van der Waals surface area contributed by atoms with E-state index in [9.17, 15) is 14.4 Å². The maximum absolute atomic E-state index is 13.2. The zero-order chi connectivity index (χ0) is 24.0. The van der Waals surface area contributed by atoms with Crippen LogP contribution in [0.1, 0.15) is 64.1 Å². The summed E-state index contributed by atoms with van der Waals surface area (Å²) in [6, 6.07) is -0.841. The van der Waals surface area contributed by atoms with Crippen molar-refractivity contribution in [1.29, 1.82) is 0 Å². The highest BCUT2D eigenvalue weighted by Gasteiger charge is 2.41. The molecular formula is C23H32N4O4S2. The van der Waals surface area contributed by atoms with E-state index in [1.165, 1.54) is 23.1 Å². The molecule has 1 aromatic heterocycles. The maximum atomic E-state index is 13.2. The van der Waals surface area contributed by atoms with Gasteiger partial charge in [0.05, 0.1) is 13.0 Å². The van der Waals surface area contributed by atoms with E-state index in [1.807, 2.05) is 25.3 Å². The summed E-state index contributed by atoms with van der Waals surface area (Å²) in [5, 5.41) is 9.04. The van der Waals surface area contributed by atoms with E-state index in [2.05, 4.69) is 27.5 Å². The van der Waals surface area contributed by atoms with Gasteiger partial charge in [-0.05, 0) is 25.3 Å². The van der Waals surface area contributed by atoms with Gasteiger partial charge in [0.25, 0.3) is 0 Å². The average molecular weight is 493 g/mol. The molecule has 33 heavy (non-hydrogen) atoms. The van der Waals surface area contributed by atoms with Crippen LogP contribution in [-0.2, 0) is 25.7 Å². The Hall–Kier alpha value is -2.20. The Labute approximate surface area is 203 Å². The molecule has 0 fully saturated rings. The Balaban J connectivity index is 1.89. The van der Waals surface area contributed by atoms with Crippen molar-refractivity contribution < 1.29 is 19.1 Å². The zero-order valence-electron chi connectivity index (χ0n) is 19.6. The topological polar surface area (TPSA) is 110 Å². The zero-order valence-corrected chi connectivity index (χ0v) is 21.2. The van der Waals surface area contributed by atoms with E-state index >= 15 is 0 Å². The number of thiazole rings is 1. The molecule has 0 saturated carbocycles. The fourth-order valence-electron chi connectivity index (χ4n) is 3.40. The molecule has 3 rings (SSSR count). The molecule has 2 aliphatic heterocycles. The molecule has 180 valence electrons. The van der Waals surface area contributed by atoms with Gasteiger partial charge in [-0.15, -0.1) is 23.1 Å². The molecule has 3 heterocycles. The number of carbonyl (C=O) groups is 3. The molecule has 10 heteroatoms. The molecule has 0 spiro atoms. The van der Waals surface area contributed by atoms with Crippen molar-refractivity contribution in [3.05, 3.63) is 28.2 Å². The van der Waals surface area contributed by atoms with Gasteiger partial charge in [-0.25, -0.2) is 9.78 Å². The third-order valence-electron chi connectivity index (χ3n) is 5.47. The van der Waals surface area contributed by atoms with Crippen LogP contribution in [0.3, 0.4) is 0 Å². The summed E-state index contributed by atoms with van der Waals surface area (Å²) in [4.78, 5) is 48.0. The monoisotopic (exact) mass is 492 g/mol. The van der Waals surface area contributed by atoms with Crippen LogP contribution in [0.4, 0.5) is 0 Å². The number of unbranched alkanes of at least 4 members (excludes halogenated alkanes) is 2. The molecule has 8 nitrogen and oxygen atoms in total. The Morgan fingerprint density at radius 2 is 2.12 bits per heavy atom. The van der Waals surface area contributed by atoms with Gasteiger partial charge in [0.2, 0.25) is 11.8 Å². The summed E-state index contributed by atoms with van der Waals surface area (Å²) in [7, 11) is 0. The van der Waals surface area contributed by atoms with Gasteiger partial charge in [0.1, 0.15) is 33.4 Å². The normalized spacial score (nSPS) is 26.8. The number of aromatic nitrogens is 1. The quantitative estimate of drug-likeness (QED) is 0.371. The summed E-state index contributed by atoms with van der Waals surface area (Å²) in [6.45, 7) is 7.85. The number of carbonyl (C=O) groups excluding carboxylic acids is 3. The molecule has 4 bridgehead atoms. The summed E-state index contributed by atoms with van der Waals surface area (Å²) < 4.78 is 5.71. The van der Waals surface area contributed by atoms with E-state index in [0.29, 0.717) is 16.5 Å². The number of esters is 1. The number of cyclic esters (lactones) is 1. The lowest BCUT2D eigenvalue weighted by Gasteiger charge is -2.27. The van der Waals surface area contributed by atoms with Crippen LogP contribution >= 0.6 is 23.1 Å². The fourth-order valence-corrected chi connectivity index (χ4v) is 5.33. The minimum atomic E-state index is -0.998. The second-order valence-electron chi connectivity index (χ2n) is 8.83. The van der Waals surface area contributed by atoms with Crippen LogP contribution in [0.25, 0.3) is 0 Å². The predicted molar refractivity (Wildman–Crippen MR) is 131 cm³/mol. The van der Waals surface area contributed by atoms with Crippen molar-refractivity contribution in [2.75, 3.05) is 5.75 Å². The van der Waals surface area contributed by atoms with Crippen molar-refractivity contribution in [2.45, 2.75) is 77.6 Å². The van der Waals surface area contributed by atoms with E-state index in [1.54, 1.807) is 13.0 Å². The largest absolute Gasteiger partial charge is 0.456 e. The van der Waals surface area contributed by atoms with Gasteiger partial charge in [0.15, 0.2) is 0 Å². The van der Waals surface area contributed by atoms with E-state index in [4.69, 9.17) is 4.74 Å². The van der Waals surface area contributed by atoms with Crippen molar-refractivity contribution >= 4 is 45.9 Å². The van der Waals surface area contributed by atoms with Crippen molar-refractivity contribution in [1.82, 2.24) is 15.6 Å². The van der Waals surface area contributed by atoms with Crippen molar-refractivity contribution in [3.63, 3.8) is 0 Å². The van der Waals surface area contributed by atoms with Gasteiger partial charge in [0, 0.05) is 11.1 Å². The predicted octanol–water partition coefficient (Wildman–Crippen LogP) is 3.21. The maximum Gasteiger partial charge on any atom is 0.329 e. The van der Waals surface area contributed by atoms with Crippen LogP contribution in [0.2, 0.25) is 0 Å². The number of nitrogens with zero attached hydrogens (tertiary/aromatic N) is 2. The van der Waals surface area contributed by atoms with Gasteiger partial charge < -0.3 is 15.4 Å². The van der Waals surface area contributed by atoms with Crippen LogP contribution in [-0.4, -0.2) is 51.2 Å². The fraction of sp³-hybridized carbons (Fsp3) is 0.609. The Morgan fingerprint density at radius 1 is 1.33 bits per heavy atom. The molecular weight excluding hydrogens is 460 g/mol. The average Bonchev–Trinajstić information content (AvgIpc) is 3.40. The van der Waals surface area contributed by atoms with Crippen molar-refractivity contribution in [3.8, 4) is 0 Å². The first kappa shape index (κ1) is 25.4.